The van der Waals surface area contributed by atoms with E-state index in [1.807, 2.05) is 25.1 Å². The van der Waals surface area contributed by atoms with Gasteiger partial charge in [0.25, 0.3) is 5.91 Å². The van der Waals surface area contributed by atoms with Gasteiger partial charge in [-0.15, -0.1) is 0 Å². The first-order chi connectivity index (χ1) is 10.9. The molecule has 1 atom stereocenters. The summed E-state index contributed by atoms with van der Waals surface area (Å²) in [6.45, 7) is 2.20. The Hall–Kier alpha value is -2.08. The minimum absolute atomic E-state index is 0.0191. The molecule has 1 aromatic carbocycles. The van der Waals surface area contributed by atoms with Crippen LogP contribution < -0.4 is 0 Å². The number of sulfone groups is 1. The molecule has 6 heteroatoms. The second kappa shape index (κ2) is 6.20. The average molecular weight is 333 g/mol. The van der Waals surface area contributed by atoms with Crippen LogP contribution >= 0.6 is 0 Å². The average Bonchev–Trinajstić information content (AvgIpc) is 3.13. The Morgan fingerprint density at radius 1 is 1.30 bits per heavy atom. The molecule has 2 aromatic rings. The fourth-order valence-electron chi connectivity index (χ4n) is 2.90. The van der Waals surface area contributed by atoms with Crippen LogP contribution in [0, 0.1) is 6.92 Å². The Bertz CT molecular complexity index is 796. The van der Waals surface area contributed by atoms with Crippen LogP contribution in [0.25, 0.3) is 0 Å². The number of hydrogen-bond donors (Lipinski definition) is 0. The molecule has 0 bridgehead atoms. The van der Waals surface area contributed by atoms with E-state index >= 15 is 0 Å². The highest BCUT2D eigenvalue weighted by Gasteiger charge is 2.35. The smallest absolute Gasteiger partial charge is 0.254 e. The van der Waals surface area contributed by atoms with Gasteiger partial charge >= 0.3 is 0 Å². The predicted molar refractivity (Wildman–Crippen MR) is 86.8 cm³/mol. The molecule has 0 unspecified atom stereocenters. The van der Waals surface area contributed by atoms with Crippen LogP contribution in [0.5, 0.6) is 0 Å². The summed E-state index contributed by atoms with van der Waals surface area (Å²) in [4.78, 5) is 14.5. The lowest BCUT2D eigenvalue weighted by Gasteiger charge is -2.27. The van der Waals surface area contributed by atoms with Crippen molar-refractivity contribution in [3.05, 3.63) is 59.5 Å². The third-order valence-corrected chi connectivity index (χ3v) is 5.83. The molecular weight excluding hydrogens is 314 g/mol. The third-order valence-electron chi connectivity index (χ3n) is 4.08. The van der Waals surface area contributed by atoms with E-state index in [2.05, 4.69) is 0 Å². The van der Waals surface area contributed by atoms with Crippen molar-refractivity contribution < 1.29 is 17.6 Å². The van der Waals surface area contributed by atoms with Crippen molar-refractivity contribution in [2.45, 2.75) is 25.9 Å². The molecule has 1 amide bonds. The first-order valence-electron chi connectivity index (χ1n) is 7.55. The lowest BCUT2D eigenvalue weighted by Crippen LogP contribution is -2.40. The summed E-state index contributed by atoms with van der Waals surface area (Å²) in [5.41, 5.74) is 1.56. The normalized spacial score (nSPS) is 19.6. The molecule has 2 heterocycles. The molecule has 1 aliphatic heterocycles. The minimum Gasteiger partial charge on any atom is -0.467 e. The Kier molecular flexibility index (Phi) is 4.26. The summed E-state index contributed by atoms with van der Waals surface area (Å²) in [5, 5.41) is 0. The van der Waals surface area contributed by atoms with Crippen LogP contribution in [0.15, 0.2) is 47.1 Å². The molecular formula is C17H19NO4S. The van der Waals surface area contributed by atoms with Crippen LogP contribution in [-0.2, 0) is 16.4 Å². The van der Waals surface area contributed by atoms with Crippen LogP contribution in [0.4, 0.5) is 0 Å². The summed E-state index contributed by atoms with van der Waals surface area (Å²) in [7, 11) is -3.07. The van der Waals surface area contributed by atoms with Crippen molar-refractivity contribution in [2.75, 3.05) is 11.5 Å². The highest BCUT2D eigenvalue weighted by molar-refractivity contribution is 7.91. The zero-order chi connectivity index (χ0) is 16.4. The first kappa shape index (κ1) is 15.8. The van der Waals surface area contributed by atoms with Gasteiger partial charge in [0.2, 0.25) is 0 Å². The topological polar surface area (TPSA) is 67.6 Å². The number of hydrogen-bond acceptors (Lipinski definition) is 4. The van der Waals surface area contributed by atoms with Crippen molar-refractivity contribution in [2.24, 2.45) is 0 Å². The fourth-order valence-corrected chi connectivity index (χ4v) is 4.63. The van der Waals surface area contributed by atoms with Gasteiger partial charge in [0, 0.05) is 11.6 Å². The van der Waals surface area contributed by atoms with Crippen molar-refractivity contribution in [1.29, 1.82) is 0 Å². The maximum Gasteiger partial charge on any atom is 0.254 e. The van der Waals surface area contributed by atoms with Gasteiger partial charge in [-0.25, -0.2) is 8.42 Å². The van der Waals surface area contributed by atoms with E-state index in [0.29, 0.717) is 17.7 Å². The van der Waals surface area contributed by atoms with Gasteiger partial charge < -0.3 is 9.32 Å². The number of carbonyl (C=O) groups is 1. The number of rotatable bonds is 4. The number of furan rings is 1. The minimum atomic E-state index is -3.07. The van der Waals surface area contributed by atoms with Crippen LogP contribution in [0.3, 0.4) is 0 Å². The number of benzene rings is 1. The summed E-state index contributed by atoms with van der Waals surface area (Å²) in [6.07, 6.45) is 2.02. The number of aryl methyl sites for hydroxylation is 1. The monoisotopic (exact) mass is 333 g/mol. The molecule has 0 radical (unpaired) electrons. The molecule has 1 saturated heterocycles. The fraction of sp³-hybridized carbons (Fsp3) is 0.353. The summed E-state index contributed by atoms with van der Waals surface area (Å²) in [5.74, 6) is 0.640. The van der Waals surface area contributed by atoms with Gasteiger partial charge in [-0.05, 0) is 37.6 Å². The SMILES string of the molecule is Cc1cccc(C(=O)N(Cc2ccco2)[C@@H]2CCS(=O)(=O)C2)c1. The van der Waals surface area contributed by atoms with Crippen molar-refractivity contribution >= 4 is 15.7 Å². The molecule has 0 N–H and O–H groups in total. The van der Waals surface area contributed by atoms with E-state index in [1.54, 1.807) is 29.4 Å². The summed E-state index contributed by atoms with van der Waals surface area (Å²) in [6, 6.07) is 10.6. The molecule has 1 fully saturated rings. The van der Waals surface area contributed by atoms with Crippen molar-refractivity contribution in [1.82, 2.24) is 4.90 Å². The molecule has 1 aliphatic rings. The maximum absolute atomic E-state index is 12.9. The van der Waals surface area contributed by atoms with Crippen LogP contribution in [0.1, 0.15) is 28.1 Å². The van der Waals surface area contributed by atoms with Crippen LogP contribution in [-0.4, -0.2) is 36.8 Å². The molecule has 5 nitrogen and oxygen atoms in total. The molecule has 23 heavy (non-hydrogen) atoms. The van der Waals surface area contributed by atoms with E-state index in [4.69, 9.17) is 4.42 Å². The third kappa shape index (κ3) is 3.64. The van der Waals surface area contributed by atoms with Gasteiger partial charge in [-0.2, -0.15) is 0 Å². The quantitative estimate of drug-likeness (QED) is 0.862. The summed E-state index contributed by atoms with van der Waals surface area (Å²) >= 11 is 0. The lowest BCUT2D eigenvalue weighted by molar-refractivity contribution is 0.0666. The Labute approximate surface area is 135 Å². The first-order valence-corrected chi connectivity index (χ1v) is 9.37. The zero-order valence-electron chi connectivity index (χ0n) is 12.9. The van der Waals surface area contributed by atoms with Crippen LogP contribution in [0.2, 0.25) is 0 Å². The maximum atomic E-state index is 12.9. The summed E-state index contributed by atoms with van der Waals surface area (Å²) < 4.78 is 28.9. The Balaban J connectivity index is 1.89. The number of carbonyl (C=O) groups excluding carboxylic acids is 1. The van der Waals surface area contributed by atoms with E-state index in [0.717, 1.165) is 5.56 Å². The van der Waals surface area contributed by atoms with E-state index < -0.39 is 9.84 Å². The Morgan fingerprint density at radius 3 is 2.74 bits per heavy atom. The van der Waals surface area contributed by atoms with E-state index in [1.165, 1.54) is 0 Å². The highest BCUT2D eigenvalue weighted by Crippen LogP contribution is 2.22. The lowest BCUT2D eigenvalue weighted by atomic mass is 10.1. The molecule has 3 rings (SSSR count). The van der Waals surface area contributed by atoms with Crippen molar-refractivity contribution in [3.8, 4) is 0 Å². The number of amides is 1. The van der Waals surface area contributed by atoms with Crippen molar-refractivity contribution in [3.63, 3.8) is 0 Å². The van der Waals surface area contributed by atoms with Gasteiger partial charge in [-0.3, -0.25) is 4.79 Å². The molecule has 0 spiro atoms. The largest absolute Gasteiger partial charge is 0.467 e. The van der Waals surface area contributed by atoms with E-state index in [-0.39, 0.29) is 30.0 Å². The second-order valence-corrected chi connectivity index (χ2v) is 8.17. The zero-order valence-corrected chi connectivity index (χ0v) is 13.8. The van der Waals surface area contributed by atoms with E-state index in [9.17, 15) is 13.2 Å². The number of nitrogens with zero attached hydrogens (tertiary/aromatic N) is 1. The molecule has 0 aliphatic carbocycles. The second-order valence-electron chi connectivity index (χ2n) is 5.94. The molecule has 0 saturated carbocycles. The highest BCUT2D eigenvalue weighted by atomic mass is 32.2. The molecule has 1 aromatic heterocycles. The van der Waals surface area contributed by atoms with Gasteiger partial charge in [0.05, 0.1) is 24.3 Å². The standard InChI is InChI=1S/C17H19NO4S/c1-13-4-2-5-14(10-13)17(19)18(11-16-6-3-8-22-16)15-7-9-23(20,21)12-15/h2-6,8,10,15H,7,9,11-12H2,1H3/t15-/m1/s1. The van der Waals surface area contributed by atoms with Gasteiger partial charge in [0.15, 0.2) is 9.84 Å². The van der Waals surface area contributed by atoms with Gasteiger partial charge in [0.1, 0.15) is 5.76 Å². The molecule has 122 valence electrons. The van der Waals surface area contributed by atoms with Gasteiger partial charge in [-0.1, -0.05) is 17.7 Å². The Morgan fingerprint density at radius 2 is 2.13 bits per heavy atom. The predicted octanol–water partition coefficient (Wildman–Crippen LogP) is 2.42.